The van der Waals surface area contributed by atoms with E-state index in [0.29, 0.717) is 34.9 Å². The summed E-state index contributed by atoms with van der Waals surface area (Å²) in [5.41, 5.74) is 6.07. The van der Waals surface area contributed by atoms with Crippen molar-refractivity contribution in [1.82, 2.24) is 9.80 Å². The Morgan fingerprint density at radius 3 is 2.61 bits per heavy atom. The summed E-state index contributed by atoms with van der Waals surface area (Å²) in [5, 5.41) is 0. The molecule has 18 heavy (non-hydrogen) atoms. The number of rotatable bonds is 3. The van der Waals surface area contributed by atoms with Gasteiger partial charge in [0, 0.05) is 32.7 Å². The second-order valence-electron chi connectivity index (χ2n) is 4.14. The summed E-state index contributed by atoms with van der Waals surface area (Å²) >= 11 is 8.10. The van der Waals surface area contributed by atoms with E-state index in [9.17, 15) is 4.79 Å². The summed E-state index contributed by atoms with van der Waals surface area (Å²) < 4.78 is 5.56. The lowest BCUT2D eigenvalue weighted by Crippen LogP contribution is -2.50. The van der Waals surface area contributed by atoms with Crippen molar-refractivity contribution in [1.29, 1.82) is 0 Å². The van der Waals surface area contributed by atoms with Crippen LogP contribution in [0.5, 0.6) is 0 Å². The van der Waals surface area contributed by atoms with Gasteiger partial charge in [-0.1, -0.05) is 12.2 Å². The van der Waals surface area contributed by atoms with Crippen LogP contribution in [0.3, 0.4) is 0 Å². The minimum atomic E-state index is -0.00870. The van der Waals surface area contributed by atoms with Gasteiger partial charge in [0.1, 0.15) is 0 Å². The van der Waals surface area contributed by atoms with E-state index < -0.39 is 0 Å². The van der Waals surface area contributed by atoms with Crippen LogP contribution < -0.4 is 5.73 Å². The molecule has 0 saturated carbocycles. The molecule has 2 heterocycles. The lowest BCUT2D eigenvalue weighted by molar-refractivity contribution is 0.0652. The number of carbonyl (C=O) groups is 1. The monoisotopic (exact) mass is 331 g/mol. The van der Waals surface area contributed by atoms with Gasteiger partial charge < -0.3 is 15.1 Å². The average molecular weight is 332 g/mol. The molecule has 0 atom stereocenters. The number of hydrogen-bond acceptors (Lipinski definition) is 4. The van der Waals surface area contributed by atoms with Crippen molar-refractivity contribution in [3.8, 4) is 0 Å². The van der Waals surface area contributed by atoms with Crippen LogP contribution in [0.15, 0.2) is 21.4 Å². The molecule has 0 bridgehead atoms. The van der Waals surface area contributed by atoms with Crippen LogP contribution in [0.25, 0.3) is 0 Å². The molecule has 1 aromatic rings. The molecule has 1 saturated heterocycles. The molecule has 1 amide bonds. The quantitative estimate of drug-likeness (QED) is 0.840. The van der Waals surface area contributed by atoms with Gasteiger partial charge in [0.2, 0.25) is 0 Å². The number of amides is 1. The third-order valence-electron chi connectivity index (χ3n) is 2.89. The molecule has 5 nitrogen and oxygen atoms in total. The predicted molar refractivity (Wildman–Crippen MR) is 75.5 cm³/mol. The normalized spacial score (nSPS) is 16.8. The van der Waals surface area contributed by atoms with E-state index in [1.54, 1.807) is 6.07 Å². The summed E-state index contributed by atoms with van der Waals surface area (Å²) in [6.07, 6.45) is 1.50. The first-order valence-corrected chi connectivity index (χ1v) is 6.81. The third-order valence-corrected chi connectivity index (χ3v) is 3.63. The Hall–Kier alpha value is -0.920. The second kappa shape index (κ2) is 5.81. The molecule has 0 spiro atoms. The van der Waals surface area contributed by atoms with E-state index in [0.717, 1.165) is 13.1 Å². The molecule has 1 aromatic heterocycles. The number of furan rings is 1. The fraction of sp³-hybridized carbons (Fsp3) is 0.455. The van der Waals surface area contributed by atoms with Crippen LogP contribution in [-0.2, 0) is 0 Å². The Balaban J connectivity index is 1.92. The number of nitrogens with zero attached hydrogens (tertiary/aromatic N) is 2. The van der Waals surface area contributed by atoms with Gasteiger partial charge in [-0.15, -0.1) is 0 Å². The largest absolute Gasteiger partial charge is 0.457 e. The Morgan fingerprint density at radius 2 is 2.11 bits per heavy atom. The number of carbonyl (C=O) groups excluding carboxylic acids is 1. The van der Waals surface area contributed by atoms with Crippen molar-refractivity contribution in [3.63, 3.8) is 0 Å². The molecule has 2 rings (SSSR count). The van der Waals surface area contributed by atoms with Crippen LogP contribution in [0.2, 0.25) is 0 Å². The van der Waals surface area contributed by atoms with Crippen LogP contribution in [-0.4, -0.2) is 53.4 Å². The van der Waals surface area contributed by atoms with Gasteiger partial charge in [0.15, 0.2) is 4.67 Å². The van der Waals surface area contributed by atoms with Gasteiger partial charge in [-0.05, 0) is 22.0 Å². The van der Waals surface area contributed by atoms with Gasteiger partial charge in [-0.3, -0.25) is 9.69 Å². The molecule has 7 heteroatoms. The van der Waals surface area contributed by atoms with Gasteiger partial charge in [-0.25, -0.2) is 0 Å². The van der Waals surface area contributed by atoms with Gasteiger partial charge in [-0.2, -0.15) is 0 Å². The number of piperazine rings is 1. The van der Waals surface area contributed by atoms with Gasteiger partial charge in [0.05, 0.1) is 16.8 Å². The van der Waals surface area contributed by atoms with Crippen molar-refractivity contribution >= 4 is 39.0 Å². The van der Waals surface area contributed by atoms with Crippen LogP contribution >= 0.6 is 28.1 Å². The maximum Gasteiger partial charge on any atom is 0.258 e. The summed E-state index contributed by atoms with van der Waals surface area (Å²) in [6.45, 7) is 3.56. The first kappa shape index (κ1) is 13.5. The summed E-state index contributed by atoms with van der Waals surface area (Å²) in [7, 11) is 0. The number of nitrogens with two attached hydrogens (primary N) is 1. The molecule has 0 unspecified atom stereocenters. The topological polar surface area (TPSA) is 62.7 Å². The minimum Gasteiger partial charge on any atom is -0.457 e. The Labute approximate surface area is 119 Å². The lowest BCUT2D eigenvalue weighted by atomic mass is 10.2. The highest BCUT2D eigenvalue weighted by atomic mass is 79.9. The van der Waals surface area contributed by atoms with E-state index in [1.807, 2.05) is 4.90 Å². The van der Waals surface area contributed by atoms with Crippen LogP contribution in [0.4, 0.5) is 0 Å². The van der Waals surface area contributed by atoms with Crippen molar-refractivity contribution in [2.24, 2.45) is 5.73 Å². The van der Waals surface area contributed by atoms with Gasteiger partial charge >= 0.3 is 0 Å². The Kier molecular flexibility index (Phi) is 4.36. The van der Waals surface area contributed by atoms with Crippen molar-refractivity contribution < 1.29 is 9.21 Å². The fourth-order valence-corrected chi connectivity index (χ4v) is 2.54. The van der Waals surface area contributed by atoms with E-state index in [4.69, 9.17) is 22.4 Å². The first-order valence-electron chi connectivity index (χ1n) is 5.61. The summed E-state index contributed by atoms with van der Waals surface area (Å²) in [6, 6.07) is 1.67. The van der Waals surface area contributed by atoms with Crippen LogP contribution in [0.1, 0.15) is 10.4 Å². The highest BCUT2D eigenvalue weighted by Crippen LogP contribution is 2.20. The van der Waals surface area contributed by atoms with Crippen molar-refractivity contribution in [2.75, 3.05) is 32.7 Å². The molecule has 0 aromatic carbocycles. The maximum absolute atomic E-state index is 12.2. The molecule has 1 aliphatic heterocycles. The molecular formula is C11H14BrN3O2S. The van der Waals surface area contributed by atoms with E-state index in [-0.39, 0.29) is 5.91 Å². The summed E-state index contributed by atoms with van der Waals surface area (Å²) in [5.74, 6) is -0.00870. The molecule has 0 radical (unpaired) electrons. The number of hydrogen-bond donors (Lipinski definition) is 1. The molecule has 2 N–H and O–H groups in total. The highest BCUT2D eigenvalue weighted by Gasteiger charge is 2.24. The zero-order chi connectivity index (χ0) is 13.1. The molecule has 98 valence electrons. The second-order valence-corrected chi connectivity index (χ2v) is 5.39. The average Bonchev–Trinajstić information content (AvgIpc) is 2.75. The summed E-state index contributed by atoms with van der Waals surface area (Å²) in [4.78, 5) is 16.6. The van der Waals surface area contributed by atoms with Gasteiger partial charge in [0.25, 0.3) is 5.91 Å². The van der Waals surface area contributed by atoms with Crippen LogP contribution in [0, 0.1) is 0 Å². The Morgan fingerprint density at radius 1 is 1.44 bits per heavy atom. The lowest BCUT2D eigenvalue weighted by Gasteiger charge is -2.34. The molecular weight excluding hydrogens is 318 g/mol. The maximum atomic E-state index is 12.2. The third kappa shape index (κ3) is 3.09. The first-order chi connectivity index (χ1) is 8.58. The zero-order valence-corrected chi connectivity index (χ0v) is 12.2. The van der Waals surface area contributed by atoms with E-state index in [2.05, 4.69) is 20.8 Å². The molecule has 0 aliphatic carbocycles. The Bertz CT molecular complexity index is 455. The van der Waals surface area contributed by atoms with Crippen molar-refractivity contribution in [2.45, 2.75) is 0 Å². The predicted octanol–water partition coefficient (Wildman–Crippen LogP) is 1.09. The minimum absolute atomic E-state index is 0.00870. The smallest absolute Gasteiger partial charge is 0.258 e. The standard InChI is InChI=1S/C11H14BrN3O2S/c12-10-8(1-6-17-10)11(16)15-4-2-14(3-5-15)7-9(13)18/h1,6H,2-5,7H2,(H2,13,18). The highest BCUT2D eigenvalue weighted by molar-refractivity contribution is 9.10. The zero-order valence-electron chi connectivity index (χ0n) is 9.76. The number of halogens is 1. The number of thiocarbonyl (C=S) groups is 1. The van der Waals surface area contributed by atoms with Crippen molar-refractivity contribution in [3.05, 3.63) is 22.6 Å². The molecule has 1 fully saturated rings. The SMILES string of the molecule is NC(=S)CN1CCN(C(=O)c2ccoc2Br)CC1. The van der Waals surface area contributed by atoms with E-state index in [1.165, 1.54) is 6.26 Å². The molecule has 1 aliphatic rings. The fourth-order valence-electron chi connectivity index (χ4n) is 1.95. The van der Waals surface area contributed by atoms with E-state index >= 15 is 0 Å².